The van der Waals surface area contributed by atoms with Crippen molar-refractivity contribution in [3.05, 3.63) is 0 Å². The molecule has 4 nitrogen and oxygen atoms in total. The van der Waals surface area contributed by atoms with E-state index >= 15 is 0 Å². The van der Waals surface area contributed by atoms with Gasteiger partial charge in [0.05, 0.1) is 36.9 Å². The van der Waals surface area contributed by atoms with Gasteiger partial charge in [-0.3, -0.25) is 4.79 Å². The van der Waals surface area contributed by atoms with E-state index in [1.54, 1.807) is 0 Å². The van der Waals surface area contributed by atoms with Gasteiger partial charge in [0.25, 0.3) is 0 Å². The van der Waals surface area contributed by atoms with E-state index < -0.39 is 0 Å². The predicted molar refractivity (Wildman–Crippen MR) is 72.1 cm³/mol. The van der Waals surface area contributed by atoms with Gasteiger partial charge >= 0.3 is 5.97 Å². The van der Waals surface area contributed by atoms with Crippen molar-refractivity contribution < 1.29 is 19.0 Å². The van der Waals surface area contributed by atoms with Gasteiger partial charge in [0, 0.05) is 0 Å². The Balaban J connectivity index is 1.27. The molecule has 0 amide bonds. The number of esters is 1. The molecule has 20 heavy (non-hydrogen) atoms. The maximum absolute atomic E-state index is 12.2. The van der Waals surface area contributed by atoms with E-state index in [9.17, 15) is 4.79 Å². The second-order valence-electron chi connectivity index (χ2n) is 7.34. The van der Waals surface area contributed by atoms with Crippen LogP contribution in [-0.2, 0) is 19.0 Å². The lowest BCUT2D eigenvalue weighted by molar-refractivity contribution is -0.152. The minimum absolute atomic E-state index is 0.00293. The van der Waals surface area contributed by atoms with E-state index in [1.807, 2.05) is 0 Å². The highest BCUT2D eigenvalue weighted by Crippen LogP contribution is 2.44. The first kappa shape index (κ1) is 13.1. The minimum atomic E-state index is -0.00293. The number of ether oxygens (including phenoxy) is 3. The van der Waals surface area contributed by atoms with Crippen molar-refractivity contribution in [2.45, 2.75) is 63.9 Å². The lowest BCUT2D eigenvalue weighted by atomic mass is 9.81. The molecule has 0 bridgehead atoms. The molecule has 2 aliphatic heterocycles. The average Bonchev–Trinajstić information content (AvgIpc) is 3.28. The minimum Gasteiger partial charge on any atom is -0.465 e. The monoisotopic (exact) mass is 280 g/mol. The molecule has 112 valence electrons. The van der Waals surface area contributed by atoms with Gasteiger partial charge in [-0.05, 0) is 43.4 Å². The fourth-order valence-corrected chi connectivity index (χ4v) is 4.22. The molecule has 2 aliphatic carbocycles. The van der Waals surface area contributed by atoms with Crippen molar-refractivity contribution in [2.24, 2.45) is 23.7 Å². The summed E-state index contributed by atoms with van der Waals surface area (Å²) in [4.78, 5) is 12.2. The fraction of sp³-hybridized carbons (Fsp3) is 0.938. The Morgan fingerprint density at radius 3 is 2.60 bits per heavy atom. The van der Waals surface area contributed by atoms with Gasteiger partial charge in [-0.15, -0.1) is 0 Å². The second kappa shape index (κ2) is 4.70. The molecule has 4 aliphatic rings. The van der Waals surface area contributed by atoms with Crippen molar-refractivity contribution in [3.63, 3.8) is 0 Å². The van der Waals surface area contributed by atoms with Gasteiger partial charge in [0.1, 0.15) is 0 Å². The summed E-state index contributed by atoms with van der Waals surface area (Å²) in [5.74, 6) is 1.64. The first-order chi connectivity index (χ1) is 9.61. The van der Waals surface area contributed by atoms with Crippen LogP contribution in [0.15, 0.2) is 0 Å². The highest BCUT2D eigenvalue weighted by atomic mass is 16.6. The Morgan fingerprint density at radius 2 is 1.80 bits per heavy atom. The summed E-state index contributed by atoms with van der Waals surface area (Å²) in [5, 5.41) is 0. The zero-order chi connectivity index (χ0) is 13.9. The van der Waals surface area contributed by atoms with E-state index in [4.69, 9.17) is 14.2 Å². The molecule has 8 unspecified atom stereocenters. The first-order valence-corrected chi connectivity index (χ1v) is 8.09. The van der Waals surface area contributed by atoms with Gasteiger partial charge < -0.3 is 14.2 Å². The van der Waals surface area contributed by atoms with Crippen molar-refractivity contribution in [1.82, 2.24) is 0 Å². The third-order valence-electron chi connectivity index (χ3n) is 5.76. The van der Waals surface area contributed by atoms with Crippen molar-refractivity contribution in [2.75, 3.05) is 6.61 Å². The van der Waals surface area contributed by atoms with Gasteiger partial charge in [-0.2, -0.15) is 0 Å². The van der Waals surface area contributed by atoms with Crippen LogP contribution in [0.2, 0.25) is 0 Å². The van der Waals surface area contributed by atoms with Gasteiger partial charge in [-0.1, -0.05) is 13.8 Å². The average molecular weight is 280 g/mol. The standard InChI is InChI=1S/C16H24O4/c1-8-4-12-13(19-12)6-11(8)7-18-16(17)10-3-9(2)15-14(5-10)20-15/h8-15H,3-7H2,1-2H3. The smallest absolute Gasteiger partial charge is 0.309 e. The normalized spacial score (nSPS) is 52.7. The number of rotatable bonds is 3. The summed E-state index contributed by atoms with van der Waals surface area (Å²) < 4.78 is 16.8. The number of fused-ring (bicyclic) bond motifs is 2. The van der Waals surface area contributed by atoms with E-state index in [-0.39, 0.29) is 11.9 Å². The third-order valence-corrected chi connectivity index (χ3v) is 5.76. The summed E-state index contributed by atoms with van der Waals surface area (Å²) in [6.45, 7) is 5.01. The molecule has 4 fully saturated rings. The van der Waals surface area contributed by atoms with Crippen LogP contribution in [0.4, 0.5) is 0 Å². The molecule has 4 rings (SSSR count). The molecule has 0 radical (unpaired) electrons. The molecular formula is C16H24O4. The van der Waals surface area contributed by atoms with Gasteiger partial charge in [0.15, 0.2) is 0 Å². The largest absolute Gasteiger partial charge is 0.465 e. The molecule has 0 spiro atoms. The Morgan fingerprint density at radius 1 is 1.00 bits per heavy atom. The number of carbonyl (C=O) groups is 1. The van der Waals surface area contributed by atoms with Crippen LogP contribution in [0.25, 0.3) is 0 Å². The Kier molecular flexibility index (Phi) is 3.08. The third kappa shape index (κ3) is 2.37. The summed E-state index contributed by atoms with van der Waals surface area (Å²) >= 11 is 0. The molecule has 0 aromatic heterocycles. The van der Waals surface area contributed by atoms with Crippen LogP contribution in [-0.4, -0.2) is 37.0 Å². The van der Waals surface area contributed by atoms with Crippen LogP contribution < -0.4 is 0 Å². The van der Waals surface area contributed by atoms with Gasteiger partial charge in [-0.25, -0.2) is 0 Å². The first-order valence-electron chi connectivity index (χ1n) is 8.09. The summed E-state index contributed by atoms with van der Waals surface area (Å²) in [6.07, 6.45) is 5.67. The maximum atomic E-state index is 12.2. The second-order valence-corrected chi connectivity index (χ2v) is 7.34. The van der Waals surface area contributed by atoms with Crippen molar-refractivity contribution >= 4 is 5.97 Å². The number of carbonyl (C=O) groups excluding carboxylic acids is 1. The van der Waals surface area contributed by atoms with E-state index in [2.05, 4.69) is 13.8 Å². The fourth-order valence-electron chi connectivity index (χ4n) is 4.22. The Labute approximate surface area is 120 Å². The van der Waals surface area contributed by atoms with Crippen LogP contribution in [0.5, 0.6) is 0 Å². The predicted octanol–water partition coefficient (Wildman–Crippen LogP) is 2.16. The van der Waals surface area contributed by atoms with E-state index in [0.717, 1.165) is 25.7 Å². The van der Waals surface area contributed by atoms with Crippen LogP contribution in [0, 0.1) is 23.7 Å². The molecule has 2 saturated carbocycles. The number of epoxide rings is 2. The topological polar surface area (TPSA) is 51.4 Å². The molecule has 0 N–H and O–H groups in total. The van der Waals surface area contributed by atoms with Crippen molar-refractivity contribution in [3.8, 4) is 0 Å². The molecule has 2 heterocycles. The Hall–Kier alpha value is -0.610. The van der Waals surface area contributed by atoms with E-state index in [0.29, 0.717) is 48.8 Å². The highest BCUT2D eigenvalue weighted by molar-refractivity contribution is 5.72. The van der Waals surface area contributed by atoms with E-state index in [1.165, 1.54) is 0 Å². The Bertz CT molecular complexity index is 409. The molecule has 4 heteroatoms. The highest BCUT2D eigenvalue weighted by Gasteiger charge is 2.51. The molecule has 0 aromatic rings. The number of hydrogen-bond donors (Lipinski definition) is 0. The van der Waals surface area contributed by atoms with Crippen LogP contribution in [0.3, 0.4) is 0 Å². The summed E-state index contributed by atoms with van der Waals surface area (Å²) in [7, 11) is 0. The molecule has 0 aromatic carbocycles. The molecule has 8 atom stereocenters. The maximum Gasteiger partial charge on any atom is 0.309 e. The lowest BCUT2D eigenvalue weighted by Gasteiger charge is -2.27. The zero-order valence-corrected chi connectivity index (χ0v) is 12.3. The SMILES string of the molecule is CC1CC2OC2CC1COC(=O)C1CC(C)C2OC2C1. The quantitative estimate of drug-likeness (QED) is 0.587. The van der Waals surface area contributed by atoms with Crippen LogP contribution in [0.1, 0.15) is 39.5 Å². The zero-order valence-electron chi connectivity index (χ0n) is 12.3. The molecular weight excluding hydrogens is 256 g/mol. The number of hydrogen-bond acceptors (Lipinski definition) is 4. The summed E-state index contributed by atoms with van der Waals surface area (Å²) in [6, 6.07) is 0. The van der Waals surface area contributed by atoms with Crippen molar-refractivity contribution in [1.29, 1.82) is 0 Å². The van der Waals surface area contributed by atoms with Gasteiger partial charge in [0.2, 0.25) is 0 Å². The lowest BCUT2D eigenvalue weighted by Crippen LogP contribution is -2.32. The summed E-state index contributed by atoms with van der Waals surface area (Å²) in [5.41, 5.74) is 0. The molecule has 2 saturated heterocycles. The van der Waals surface area contributed by atoms with Crippen LogP contribution >= 0.6 is 0 Å².